The van der Waals surface area contributed by atoms with Gasteiger partial charge in [-0.25, -0.2) is 19.6 Å². The first-order valence-electron chi connectivity index (χ1n) is 18.4. The number of carbonyl (C=O) groups is 2. The lowest BCUT2D eigenvalue weighted by Crippen LogP contribution is -2.36. The zero-order valence-electron chi connectivity index (χ0n) is 30.9. The number of nitrogen functional groups attached to an aromatic ring is 1. The van der Waals surface area contributed by atoms with Crippen LogP contribution >= 0.6 is 0 Å². The van der Waals surface area contributed by atoms with E-state index in [4.69, 9.17) is 20.6 Å². The predicted octanol–water partition coefficient (Wildman–Crippen LogP) is 5.25. The Kier molecular flexibility index (Phi) is 11.3. The maximum absolute atomic E-state index is 13.2. The third kappa shape index (κ3) is 8.77. The highest BCUT2D eigenvalue weighted by Crippen LogP contribution is 2.28. The van der Waals surface area contributed by atoms with Gasteiger partial charge >= 0.3 is 12.1 Å². The number of likely N-dealkylation sites (tertiary alicyclic amines) is 1. The third-order valence-corrected chi connectivity index (χ3v) is 9.83. The topological polar surface area (TPSA) is 212 Å². The average molecular weight is 747 g/mol. The second kappa shape index (κ2) is 16.8. The highest BCUT2D eigenvalue weighted by Gasteiger charge is 2.21. The monoisotopic (exact) mass is 746 g/mol. The van der Waals surface area contributed by atoms with Crippen LogP contribution in [0.1, 0.15) is 48.5 Å². The summed E-state index contributed by atoms with van der Waals surface area (Å²) in [5, 5.41) is 28.5. The van der Waals surface area contributed by atoms with E-state index in [1.807, 2.05) is 60.4 Å². The van der Waals surface area contributed by atoms with E-state index < -0.39 is 18.1 Å². The number of aromatic nitrogens is 4. The van der Waals surface area contributed by atoms with Crippen LogP contribution < -0.4 is 31.9 Å². The molecular formula is C39H46N12O4. The molecule has 2 fully saturated rings. The number of nitrogens with zero attached hydrogens (tertiary/aromatic N) is 5. The van der Waals surface area contributed by atoms with E-state index in [-0.39, 0.29) is 12.6 Å². The molecule has 7 rings (SSSR count). The Labute approximate surface area is 318 Å². The fourth-order valence-electron chi connectivity index (χ4n) is 6.89. The van der Waals surface area contributed by atoms with Crippen molar-refractivity contribution in [2.45, 2.75) is 31.8 Å². The first kappa shape index (κ1) is 37.1. The van der Waals surface area contributed by atoms with Gasteiger partial charge in [0.05, 0.1) is 48.4 Å². The van der Waals surface area contributed by atoms with Crippen LogP contribution in [0.5, 0.6) is 0 Å². The number of amides is 4. The quantitative estimate of drug-likeness (QED) is 0.0689. The van der Waals surface area contributed by atoms with Crippen molar-refractivity contribution in [1.82, 2.24) is 35.7 Å². The van der Waals surface area contributed by atoms with E-state index in [1.54, 1.807) is 25.4 Å². The smallest absolute Gasteiger partial charge is 0.320 e. The van der Waals surface area contributed by atoms with Crippen LogP contribution in [-0.2, 0) is 9.47 Å². The summed E-state index contributed by atoms with van der Waals surface area (Å²) in [6.45, 7) is 6.61. The summed E-state index contributed by atoms with van der Waals surface area (Å²) in [6, 6.07) is 17.5. The number of ether oxygens (including phenoxy) is 2. The van der Waals surface area contributed by atoms with Crippen molar-refractivity contribution in [1.29, 1.82) is 5.41 Å². The van der Waals surface area contributed by atoms with Crippen LogP contribution in [-0.4, -0.2) is 96.1 Å². The number of nitrogens with one attached hydrogen (secondary N) is 6. The van der Waals surface area contributed by atoms with Gasteiger partial charge in [0.15, 0.2) is 5.82 Å². The molecule has 286 valence electrons. The molecule has 0 spiro atoms. The zero-order valence-corrected chi connectivity index (χ0v) is 30.9. The summed E-state index contributed by atoms with van der Waals surface area (Å²) >= 11 is 0. The Hall–Kier alpha value is -6.26. The second-order valence-electron chi connectivity index (χ2n) is 13.6. The number of rotatable bonds is 11. The lowest BCUT2D eigenvalue weighted by atomic mass is 9.97. The van der Waals surface area contributed by atoms with Crippen LogP contribution in [0.25, 0.3) is 22.0 Å². The van der Waals surface area contributed by atoms with E-state index in [0.29, 0.717) is 41.9 Å². The van der Waals surface area contributed by atoms with E-state index in [1.165, 1.54) is 6.20 Å². The molecule has 2 atom stereocenters. The maximum Gasteiger partial charge on any atom is 0.320 e. The number of morpholine rings is 1. The molecule has 2 saturated heterocycles. The molecule has 16 heteroatoms. The van der Waals surface area contributed by atoms with Crippen LogP contribution in [0, 0.1) is 5.41 Å². The summed E-state index contributed by atoms with van der Waals surface area (Å²) in [4.78, 5) is 39.1. The molecular weight excluding hydrogens is 701 g/mol. The zero-order chi connectivity index (χ0) is 38.3. The summed E-state index contributed by atoms with van der Waals surface area (Å²) in [5.74, 6) is 1.85. The molecule has 16 nitrogen and oxygen atoms in total. The van der Waals surface area contributed by atoms with Crippen molar-refractivity contribution in [2.24, 2.45) is 0 Å². The number of hydrogen-bond acceptors (Lipinski definition) is 10. The van der Waals surface area contributed by atoms with Gasteiger partial charge in [-0.2, -0.15) is 5.10 Å². The Balaban J connectivity index is 0.974. The van der Waals surface area contributed by atoms with Gasteiger partial charge in [0.1, 0.15) is 17.5 Å². The average Bonchev–Trinajstić information content (AvgIpc) is 3.89. The predicted molar refractivity (Wildman–Crippen MR) is 212 cm³/mol. The second-order valence-corrected chi connectivity index (χ2v) is 13.6. The van der Waals surface area contributed by atoms with E-state index in [2.05, 4.69) is 46.3 Å². The normalized spacial score (nSPS) is 15.4. The number of carbonyl (C=O) groups excluding carboxylic acids is 2. The summed E-state index contributed by atoms with van der Waals surface area (Å²) in [6.07, 6.45) is 5.35. The number of pyridine rings is 2. The Bertz CT molecular complexity index is 2160. The molecule has 4 amide bonds. The number of hydrogen-bond donors (Lipinski definition) is 7. The first-order chi connectivity index (χ1) is 26.7. The Morgan fingerprint density at radius 1 is 0.909 bits per heavy atom. The van der Waals surface area contributed by atoms with E-state index in [9.17, 15) is 9.59 Å². The van der Waals surface area contributed by atoms with Crippen molar-refractivity contribution in [3.8, 4) is 11.1 Å². The molecule has 3 aromatic heterocycles. The standard InChI is InChI=1S/C39H46N12O4/c1-24(44-38(52)46-34-19-31(40)29(21-42-34)36(41)50-11-3-4-12-50)25-7-5-8-26(17-25)27-9-6-10-28(18-27)33(23-54-2)45-39(53)47-35-20-32-30(22-43-35)37(49-48-32)51-13-15-55-16-14-51/h5-10,17-22,24,33,41H,3-4,11-16,23H2,1-2H3,(H,48,49)(H2,43,45,47,53)(H4,40,42,44,46,52). The molecule has 55 heavy (non-hydrogen) atoms. The number of amidine groups is 1. The SMILES string of the molecule is COCC(NC(=O)Nc1cc2[nH]nc(N3CCOCC3)c2cn1)c1cccc(-c2cccc(C(C)NC(=O)Nc3cc(N)c(C(=N)N4CCCC4)cn3)c2)c1. The Morgan fingerprint density at radius 2 is 1.56 bits per heavy atom. The van der Waals surface area contributed by atoms with Gasteiger partial charge in [-0.05, 0) is 54.2 Å². The van der Waals surface area contributed by atoms with Crippen LogP contribution in [0.4, 0.5) is 32.7 Å². The highest BCUT2D eigenvalue weighted by atomic mass is 16.5. The van der Waals surface area contributed by atoms with Crippen molar-refractivity contribution >= 4 is 51.9 Å². The highest BCUT2D eigenvalue weighted by molar-refractivity contribution is 6.01. The number of methoxy groups -OCH3 is 1. The fourth-order valence-corrected chi connectivity index (χ4v) is 6.89. The van der Waals surface area contributed by atoms with Crippen LogP contribution in [0.3, 0.4) is 0 Å². The number of aromatic amines is 1. The number of anilines is 4. The lowest BCUT2D eigenvalue weighted by Gasteiger charge is -2.26. The summed E-state index contributed by atoms with van der Waals surface area (Å²) in [5.41, 5.74) is 11.6. The lowest BCUT2D eigenvalue weighted by molar-refractivity contribution is 0.122. The first-order valence-corrected chi connectivity index (χ1v) is 18.4. The molecule has 2 aromatic carbocycles. The van der Waals surface area contributed by atoms with Crippen molar-refractivity contribution < 1.29 is 19.1 Å². The molecule has 8 N–H and O–H groups in total. The minimum absolute atomic E-state index is 0.243. The number of benzene rings is 2. The third-order valence-electron chi connectivity index (χ3n) is 9.83. The molecule has 5 aromatic rings. The van der Waals surface area contributed by atoms with Gasteiger partial charge < -0.3 is 35.6 Å². The molecule has 0 aliphatic carbocycles. The molecule has 2 aliphatic heterocycles. The minimum atomic E-state index is -0.455. The van der Waals surface area contributed by atoms with Gasteiger partial charge in [0, 0.05) is 63.5 Å². The maximum atomic E-state index is 13.2. The van der Waals surface area contributed by atoms with Gasteiger partial charge in [0.25, 0.3) is 0 Å². The Morgan fingerprint density at radius 3 is 2.27 bits per heavy atom. The van der Waals surface area contributed by atoms with Crippen LogP contribution in [0.2, 0.25) is 0 Å². The summed E-state index contributed by atoms with van der Waals surface area (Å²) < 4.78 is 11.0. The molecule has 2 unspecified atom stereocenters. The molecule has 0 bridgehead atoms. The van der Waals surface area contributed by atoms with Gasteiger partial charge in [-0.1, -0.05) is 36.4 Å². The van der Waals surface area contributed by atoms with Crippen molar-refractivity contribution in [3.63, 3.8) is 0 Å². The van der Waals surface area contributed by atoms with Gasteiger partial charge in [0.2, 0.25) is 0 Å². The summed E-state index contributed by atoms with van der Waals surface area (Å²) in [7, 11) is 1.59. The number of fused-ring (bicyclic) bond motifs is 1. The largest absolute Gasteiger partial charge is 0.398 e. The minimum Gasteiger partial charge on any atom is -0.398 e. The van der Waals surface area contributed by atoms with Crippen molar-refractivity contribution in [3.05, 3.63) is 89.7 Å². The number of urea groups is 2. The number of H-pyrrole nitrogens is 1. The molecule has 2 aliphatic rings. The van der Waals surface area contributed by atoms with Gasteiger partial charge in [-0.3, -0.25) is 21.1 Å². The van der Waals surface area contributed by atoms with Gasteiger partial charge in [-0.15, -0.1) is 0 Å². The number of nitrogens with two attached hydrogens (primary N) is 1. The van der Waals surface area contributed by atoms with Crippen LogP contribution in [0.15, 0.2) is 73.1 Å². The fraction of sp³-hybridized carbons (Fsp3) is 0.333. The van der Waals surface area contributed by atoms with E-state index >= 15 is 0 Å². The molecule has 0 saturated carbocycles. The molecule has 5 heterocycles. The van der Waals surface area contributed by atoms with Crippen molar-refractivity contribution in [2.75, 3.05) is 74.4 Å². The molecule has 0 radical (unpaired) electrons. The van der Waals surface area contributed by atoms with E-state index in [0.717, 1.165) is 78.0 Å².